The first-order chi connectivity index (χ1) is 5.65. The maximum Gasteiger partial charge on any atom is 0.314 e. The molecular formula is C7H7ClO3S. The van der Waals surface area contributed by atoms with E-state index in [2.05, 4.69) is 0 Å². The first kappa shape index (κ1) is 9.51. The van der Waals surface area contributed by atoms with Gasteiger partial charge in [-0.05, 0) is 12.1 Å². The van der Waals surface area contributed by atoms with Crippen molar-refractivity contribution in [1.29, 1.82) is 0 Å². The second-order valence-corrected chi connectivity index (χ2v) is 3.96. The number of rotatable bonds is 3. The first-order valence-electron chi connectivity index (χ1n) is 3.24. The molecule has 0 saturated carbocycles. The fraction of sp³-hybridized carbons (Fsp3) is 0.286. The standard InChI is InChI=1S/C7H7ClO3S/c8-6-2-1-5(12-6)4(3-9)7(10)11/h1-2,4,9H,3H2,(H,10,11). The highest BCUT2D eigenvalue weighted by Gasteiger charge is 2.20. The van der Waals surface area contributed by atoms with Gasteiger partial charge in [0.2, 0.25) is 0 Å². The third-order valence-electron chi connectivity index (χ3n) is 1.42. The second kappa shape index (κ2) is 3.89. The van der Waals surface area contributed by atoms with Gasteiger partial charge in [0.25, 0.3) is 0 Å². The predicted molar refractivity (Wildman–Crippen MR) is 46.8 cm³/mol. The first-order valence-corrected chi connectivity index (χ1v) is 4.43. The maximum atomic E-state index is 10.5. The van der Waals surface area contributed by atoms with E-state index in [9.17, 15) is 4.79 Å². The molecule has 0 aliphatic carbocycles. The van der Waals surface area contributed by atoms with Crippen LogP contribution in [0.4, 0.5) is 0 Å². The lowest BCUT2D eigenvalue weighted by molar-refractivity contribution is -0.139. The van der Waals surface area contributed by atoms with Crippen LogP contribution < -0.4 is 0 Å². The molecule has 0 aliphatic rings. The minimum absolute atomic E-state index is 0.397. The normalized spacial score (nSPS) is 12.8. The number of carbonyl (C=O) groups is 1. The molecule has 0 aromatic carbocycles. The van der Waals surface area contributed by atoms with E-state index in [1.807, 2.05) is 0 Å². The molecule has 12 heavy (non-hydrogen) atoms. The average molecular weight is 207 g/mol. The molecule has 1 rings (SSSR count). The van der Waals surface area contributed by atoms with Gasteiger partial charge in [-0.15, -0.1) is 11.3 Å². The molecule has 5 heteroatoms. The number of carboxylic acids is 1. The Bertz CT molecular complexity index is 284. The van der Waals surface area contributed by atoms with Crippen molar-refractivity contribution < 1.29 is 15.0 Å². The van der Waals surface area contributed by atoms with E-state index in [1.54, 1.807) is 12.1 Å². The summed E-state index contributed by atoms with van der Waals surface area (Å²) in [7, 11) is 0. The number of hydrogen-bond acceptors (Lipinski definition) is 3. The van der Waals surface area contributed by atoms with Gasteiger partial charge in [0.15, 0.2) is 0 Å². The number of thiophene rings is 1. The van der Waals surface area contributed by atoms with Gasteiger partial charge >= 0.3 is 5.97 Å². The van der Waals surface area contributed by atoms with Crippen LogP contribution >= 0.6 is 22.9 Å². The van der Waals surface area contributed by atoms with Gasteiger partial charge in [-0.2, -0.15) is 0 Å². The van der Waals surface area contributed by atoms with Crippen LogP contribution in [0.3, 0.4) is 0 Å². The van der Waals surface area contributed by atoms with Crippen LogP contribution in [0.1, 0.15) is 10.8 Å². The minimum atomic E-state index is -1.03. The molecular weight excluding hydrogens is 200 g/mol. The van der Waals surface area contributed by atoms with E-state index in [-0.39, 0.29) is 0 Å². The molecule has 0 radical (unpaired) electrons. The summed E-state index contributed by atoms with van der Waals surface area (Å²) in [4.78, 5) is 11.1. The van der Waals surface area contributed by atoms with Crippen molar-refractivity contribution in [3.05, 3.63) is 21.3 Å². The Balaban J connectivity index is 2.87. The summed E-state index contributed by atoms with van der Waals surface area (Å²) in [5, 5.41) is 17.4. The highest BCUT2D eigenvalue weighted by atomic mass is 35.5. The third kappa shape index (κ3) is 1.97. The van der Waals surface area contributed by atoms with Crippen molar-refractivity contribution in [2.45, 2.75) is 5.92 Å². The molecule has 66 valence electrons. The van der Waals surface area contributed by atoms with E-state index < -0.39 is 18.5 Å². The molecule has 0 spiro atoms. The Morgan fingerprint density at radius 3 is 2.67 bits per heavy atom. The molecule has 3 nitrogen and oxygen atoms in total. The summed E-state index contributed by atoms with van der Waals surface area (Å²) in [5.41, 5.74) is 0. The summed E-state index contributed by atoms with van der Waals surface area (Å²) in [6, 6.07) is 3.23. The zero-order chi connectivity index (χ0) is 9.14. The summed E-state index contributed by atoms with van der Waals surface area (Å²) < 4.78 is 0.532. The Labute approximate surface area is 78.2 Å². The van der Waals surface area contributed by atoms with Gasteiger partial charge in [0, 0.05) is 4.88 Å². The number of aliphatic hydroxyl groups is 1. The van der Waals surface area contributed by atoms with Crippen LogP contribution in [-0.4, -0.2) is 22.8 Å². The molecule has 1 heterocycles. The SMILES string of the molecule is O=C(O)C(CO)c1ccc(Cl)s1. The van der Waals surface area contributed by atoms with E-state index in [0.29, 0.717) is 9.21 Å². The molecule has 0 amide bonds. The smallest absolute Gasteiger partial charge is 0.314 e. The van der Waals surface area contributed by atoms with Crippen molar-refractivity contribution in [3.8, 4) is 0 Å². The van der Waals surface area contributed by atoms with E-state index in [1.165, 1.54) is 11.3 Å². The molecule has 2 N–H and O–H groups in total. The Morgan fingerprint density at radius 2 is 2.33 bits per heavy atom. The molecule has 1 aromatic rings. The lowest BCUT2D eigenvalue weighted by atomic mass is 10.1. The van der Waals surface area contributed by atoms with Gasteiger partial charge in [0.1, 0.15) is 5.92 Å². The van der Waals surface area contributed by atoms with Gasteiger partial charge in [-0.1, -0.05) is 11.6 Å². The van der Waals surface area contributed by atoms with Crippen molar-refractivity contribution in [3.63, 3.8) is 0 Å². The molecule has 0 fully saturated rings. The largest absolute Gasteiger partial charge is 0.481 e. The van der Waals surface area contributed by atoms with Gasteiger partial charge in [-0.3, -0.25) is 4.79 Å². The third-order valence-corrected chi connectivity index (χ3v) is 2.76. The highest BCUT2D eigenvalue weighted by molar-refractivity contribution is 7.16. The minimum Gasteiger partial charge on any atom is -0.481 e. The molecule has 1 atom stereocenters. The van der Waals surface area contributed by atoms with Crippen LogP contribution in [0.5, 0.6) is 0 Å². The van der Waals surface area contributed by atoms with Crippen molar-refractivity contribution in [2.24, 2.45) is 0 Å². The summed E-state index contributed by atoms with van der Waals surface area (Å²) in [5.74, 6) is -1.88. The van der Waals surface area contributed by atoms with E-state index in [0.717, 1.165) is 0 Å². The lowest BCUT2D eigenvalue weighted by Gasteiger charge is -2.04. The quantitative estimate of drug-likeness (QED) is 0.789. The van der Waals surface area contributed by atoms with Gasteiger partial charge < -0.3 is 10.2 Å². The Morgan fingerprint density at radius 1 is 1.67 bits per heavy atom. The maximum absolute atomic E-state index is 10.5. The Hall–Kier alpha value is -0.580. The molecule has 0 aliphatic heterocycles. The second-order valence-electron chi connectivity index (χ2n) is 2.22. The molecule has 0 bridgehead atoms. The molecule has 1 unspecified atom stereocenters. The van der Waals surface area contributed by atoms with Crippen molar-refractivity contribution in [2.75, 3.05) is 6.61 Å². The number of hydrogen-bond donors (Lipinski definition) is 2. The zero-order valence-corrected chi connectivity index (χ0v) is 7.60. The van der Waals surface area contributed by atoms with Crippen LogP contribution in [0.25, 0.3) is 0 Å². The van der Waals surface area contributed by atoms with Crippen molar-refractivity contribution in [1.82, 2.24) is 0 Å². The van der Waals surface area contributed by atoms with Crippen molar-refractivity contribution >= 4 is 28.9 Å². The van der Waals surface area contributed by atoms with Crippen LogP contribution in [0.2, 0.25) is 4.34 Å². The topological polar surface area (TPSA) is 57.5 Å². The van der Waals surface area contributed by atoms with E-state index in [4.69, 9.17) is 21.8 Å². The molecule has 1 aromatic heterocycles. The fourth-order valence-corrected chi connectivity index (χ4v) is 1.95. The average Bonchev–Trinajstić information content (AvgIpc) is 2.37. The highest BCUT2D eigenvalue weighted by Crippen LogP contribution is 2.27. The Kier molecular flexibility index (Phi) is 3.08. The van der Waals surface area contributed by atoms with Crippen LogP contribution in [0.15, 0.2) is 12.1 Å². The lowest BCUT2D eigenvalue weighted by Crippen LogP contribution is -2.13. The van der Waals surface area contributed by atoms with E-state index >= 15 is 0 Å². The number of carboxylic acid groups (broad SMARTS) is 1. The number of aliphatic hydroxyl groups excluding tert-OH is 1. The van der Waals surface area contributed by atoms with Crippen LogP contribution in [-0.2, 0) is 4.79 Å². The number of halogens is 1. The van der Waals surface area contributed by atoms with Gasteiger partial charge in [-0.25, -0.2) is 0 Å². The zero-order valence-electron chi connectivity index (χ0n) is 6.03. The summed E-state index contributed by atoms with van der Waals surface area (Å²) >= 11 is 6.78. The predicted octanol–water partition coefficient (Wildman–Crippen LogP) is 1.56. The molecule has 0 saturated heterocycles. The monoisotopic (exact) mass is 206 g/mol. The summed E-state index contributed by atoms with van der Waals surface area (Å²) in [6.45, 7) is -0.397. The van der Waals surface area contributed by atoms with Gasteiger partial charge in [0.05, 0.1) is 10.9 Å². The number of aliphatic carboxylic acids is 1. The summed E-state index contributed by atoms with van der Waals surface area (Å²) in [6.07, 6.45) is 0. The fourth-order valence-electron chi connectivity index (χ4n) is 0.805. The van der Waals surface area contributed by atoms with Crippen LogP contribution in [0, 0.1) is 0 Å².